The van der Waals surface area contributed by atoms with Gasteiger partial charge in [-0.2, -0.15) is 0 Å². The van der Waals surface area contributed by atoms with Crippen LogP contribution in [0.2, 0.25) is 0 Å². The van der Waals surface area contributed by atoms with Crippen molar-refractivity contribution in [2.24, 2.45) is 0 Å². The van der Waals surface area contributed by atoms with Crippen LogP contribution in [-0.4, -0.2) is 31.4 Å². The fourth-order valence-electron chi connectivity index (χ4n) is 2.49. The maximum absolute atomic E-state index is 6.10. The van der Waals surface area contributed by atoms with E-state index < -0.39 is 0 Å². The molecule has 1 aromatic carbocycles. The first-order chi connectivity index (χ1) is 9.26. The summed E-state index contributed by atoms with van der Waals surface area (Å²) in [7, 11) is 0. The molecule has 0 aromatic heterocycles. The molecule has 19 heavy (non-hydrogen) atoms. The van der Waals surface area contributed by atoms with E-state index in [9.17, 15) is 0 Å². The summed E-state index contributed by atoms with van der Waals surface area (Å²) in [5.41, 5.74) is 1.18. The first kappa shape index (κ1) is 14.4. The van der Waals surface area contributed by atoms with E-state index in [1.165, 1.54) is 5.56 Å². The van der Waals surface area contributed by atoms with Crippen LogP contribution < -0.4 is 10.1 Å². The van der Waals surface area contributed by atoms with Crippen LogP contribution in [0, 0.1) is 6.92 Å². The van der Waals surface area contributed by atoms with Crippen molar-refractivity contribution in [1.82, 2.24) is 5.32 Å². The molecule has 0 aliphatic heterocycles. The van der Waals surface area contributed by atoms with Gasteiger partial charge in [-0.15, -0.1) is 0 Å². The SMILES string of the molecule is CCCOC1C(NCC)CC1Oc1ccccc1C. The minimum atomic E-state index is 0.177. The number of likely N-dealkylation sites (N-methyl/N-ethyl adjacent to an activating group) is 1. The molecule has 3 heteroatoms. The molecule has 1 aromatic rings. The van der Waals surface area contributed by atoms with E-state index in [-0.39, 0.29) is 12.2 Å². The van der Waals surface area contributed by atoms with Crippen molar-refractivity contribution in [3.63, 3.8) is 0 Å². The molecule has 0 spiro atoms. The highest BCUT2D eigenvalue weighted by Crippen LogP contribution is 2.30. The summed E-state index contributed by atoms with van der Waals surface area (Å²) in [4.78, 5) is 0. The molecule has 3 unspecified atom stereocenters. The Labute approximate surface area is 116 Å². The fraction of sp³-hybridized carbons (Fsp3) is 0.625. The van der Waals surface area contributed by atoms with Gasteiger partial charge < -0.3 is 14.8 Å². The summed E-state index contributed by atoms with van der Waals surface area (Å²) in [5, 5.41) is 3.47. The van der Waals surface area contributed by atoms with Gasteiger partial charge in [0.1, 0.15) is 18.0 Å². The van der Waals surface area contributed by atoms with Crippen molar-refractivity contribution in [2.45, 2.75) is 51.9 Å². The summed E-state index contributed by atoms with van der Waals surface area (Å²) in [6, 6.07) is 8.61. The molecule has 3 atom stereocenters. The molecule has 1 aliphatic rings. The zero-order valence-electron chi connectivity index (χ0n) is 12.2. The van der Waals surface area contributed by atoms with E-state index in [0.717, 1.165) is 31.7 Å². The molecule has 0 bridgehead atoms. The van der Waals surface area contributed by atoms with Gasteiger partial charge >= 0.3 is 0 Å². The van der Waals surface area contributed by atoms with Gasteiger partial charge in [-0.25, -0.2) is 0 Å². The van der Waals surface area contributed by atoms with Gasteiger partial charge in [0, 0.05) is 19.1 Å². The number of aryl methyl sites for hydroxylation is 1. The highest BCUT2D eigenvalue weighted by Gasteiger charge is 2.43. The summed E-state index contributed by atoms with van der Waals surface area (Å²) < 4.78 is 12.0. The number of hydrogen-bond acceptors (Lipinski definition) is 3. The second-order valence-corrected chi connectivity index (χ2v) is 5.16. The molecule has 0 radical (unpaired) electrons. The fourth-order valence-corrected chi connectivity index (χ4v) is 2.49. The first-order valence-electron chi connectivity index (χ1n) is 7.33. The molecule has 0 saturated heterocycles. The van der Waals surface area contributed by atoms with Crippen molar-refractivity contribution >= 4 is 0 Å². The second-order valence-electron chi connectivity index (χ2n) is 5.16. The van der Waals surface area contributed by atoms with Crippen molar-refractivity contribution in [1.29, 1.82) is 0 Å². The third-order valence-electron chi connectivity index (χ3n) is 3.60. The summed E-state index contributed by atoms with van der Waals surface area (Å²) in [6.45, 7) is 8.14. The van der Waals surface area contributed by atoms with Crippen LogP contribution in [0.5, 0.6) is 5.75 Å². The molecular weight excluding hydrogens is 238 g/mol. The topological polar surface area (TPSA) is 30.5 Å². The molecule has 3 nitrogen and oxygen atoms in total. The predicted molar refractivity (Wildman–Crippen MR) is 77.7 cm³/mol. The third kappa shape index (κ3) is 3.48. The van der Waals surface area contributed by atoms with Gasteiger partial charge in [0.2, 0.25) is 0 Å². The Balaban J connectivity index is 1.94. The summed E-state index contributed by atoms with van der Waals surface area (Å²) >= 11 is 0. The van der Waals surface area contributed by atoms with Crippen LogP contribution in [0.15, 0.2) is 24.3 Å². The number of nitrogens with one attached hydrogen (secondary N) is 1. The Morgan fingerprint density at radius 3 is 2.74 bits per heavy atom. The molecular formula is C16H25NO2. The predicted octanol–water partition coefficient (Wildman–Crippen LogP) is 2.92. The van der Waals surface area contributed by atoms with Crippen molar-refractivity contribution in [3.05, 3.63) is 29.8 Å². The average Bonchev–Trinajstić information content (AvgIpc) is 2.40. The van der Waals surface area contributed by atoms with E-state index in [2.05, 4.69) is 32.2 Å². The monoisotopic (exact) mass is 263 g/mol. The maximum Gasteiger partial charge on any atom is 0.128 e. The van der Waals surface area contributed by atoms with E-state index in [0.29, 0.717) is 6.04 Å². The van der Waals surface area contributed by atoms with Gasteiger partial charge in [-0.05, 0) is 31.5 Å². The minimum absolute atomic E-state index is 0.177. The average molecular weight is 263 g/mol. The Bertz CT molecular complexity index is 394. The Morgan fingerprint density at radius 1 is 1.26 bits per heavy atom. The van der Waals surface area contributed by atoms with Gasteiger partial charge in [0.05, 0.1) is 0 Å². The zero-order valence-corrected chi connectivity index (χ0v) is 12.2. The Morgan fingerprint density at radius 2 is 2.05 bits per heavy atom. The lowest BCUT2D eigenvalue weighted by atomic mass is 9.85. The van der Waals surface area contributed by atoms with Gasteiger partial charge in [-0.1, -0.05) is 32.0 Å². The maximum atomic E-state index is 6.10. The van der Waals surface area contributed by atoms with Crippen molar-refractivity contribution < 1.29 is 9.47 Å². The molecule has 1 N–H and O–H groups in total. The van der Waals surface area contributed by atoms with E-state index in [1.807, 2.05) is 18.2 Å². The van der Waals surface area contributed by atoms with Crippen molar-refractivity contribution in [2.75, 3.05) is 13.2 Å². The van der Waals surface area contributed by atoms with Gasteiger partial charge in [0.15, 0.2) is 0 Å². The number of para-hydroxylation sites is 1. The summed E-state index contributed by atoms with van der Waals surface area (Å²) in [6.07, 6.45) is 2.43. The van der Waals surface area contributed by atoms with E-state index in [1.54, 1.807) is 0 Å². The number of hydrogen-bond donors (Lipinski definition) is 1. The number of ether oxygens (including phenoxy) is 2. The Kier molecular flexibility index (Phi) is 5.23. The van der Waals surface area contributed by atoms with E-state index in [4.69, 9.17) is 9.47 Å². The van der Waals surface area contributed by atoms with Crippen LogP contribution in [0.4, 0.5) is 0 Å². The number of benzene rings is 1. The lowest BCUT2D eigenvalue weighted by Gasteiger charge is -2.44. The number of rotatable bonds is 7. The third-order valence-corrected chi connectivity index (χ3v) is 3.60. The lowest BCUT2D eigenvalue weighted by molar-refractivity contribution is -0.107. The van der Waals surface area contributed by atoms with Crippen molar-refractivity contribution in [3.8, 4) is 5.75 Å². The molecule has 0 heterocycles. The van der Waals surface area contributed by atoms with Gasteiger partial charge in [0.25, 0.3) is 0 Å². The largest absolute Gasteiger partial charge is 0.487 e. The summed E-state index contributed by atoms with van der Waals surface area (Å²) in [5.74, 6) is 0.979. The molecule has 1 aliphatic carbocycles. The van der Waals surface area contributed by atoms with Gasteiger partial charge in [-0.3, -0.25) is 0 Å². The van der Waals surface area contributed by atoms with E-state index >= 15 is 0 Å². The highest BCUT2D eigenvalue weighted by molar-refractivity contribution is 5.32. The molecule has 0 amide bonds. The highest BCUT2D eigenvalue weighted by atomic mass is 16.5. The molecule has 106 valence electrons. The minimum Gasteiger partial charge on any atom is -0.487 e. The van der Waals surface area contributed by atoms with Crippen LogP contribution >= 0.6 is 0 Å². The molecule has 1 fully saturated rings. The standard InChI is InChI=1S/C16H25NO2/c1-4-10-18-16-13(17-5-2)11-15(16)19-14-9-7-6-8-12(14)3/h6-9,13,15-17H,4-5,10-11H2,1-3H3. The normalized spacial score (nSPS) is 25.9. The van der Waals surface area contributed by atoms with Crippen LogP contribution in [0.1, 0.15) is 32.3 Å². The quantitative estimate of drug-likeness (QED) is 0.820. The van der Waals surface area contributed by atoms with Crippen LogP contribution in [-0.2, 0) is 4.74 Å². The molecule has 2 rings (SSSR count). The van der Waals surface area contributed by atoms with Crippen LogP contribution in [0.3, 0.4) is 0 Å². The first-order valence-corrected chi connectivity index (χ1v) is 7.33. The van der Waals surface area contributed by atoms with Crippen LogP contribution in [0.25, 0.3) is 0 Å². The molecule has 1 saturated carbocycles. The lowest BCUT2D eigenvalue weighted by Crippen LogP contribution is -2.61. The second kappa shape index (κ2) is 6.92. The smallest absolute Gasteiger partial charge is 0.128 e. The zero-order chi connectivity index (χ0) is 13.7. The Hall–Kier alpha value is -1.06.